The fourth-order valence-electron chi connectivity index (χ4n) is 7.34. The van der Waals surface area contributed by atoms with E-state index in [9.17, 15) is 9.90 Å². The Labute approximate surface area is 245 Å². The van der Waals surface area contributed by atoms with Crippen LogP contribution in [0.3, 0.4) is 0 Å². The summed E-state index contributed by atoms with van der Waals surface area (Å²) in [7, 11) is 0. The van der Waals surface area contributed by atoms with Crippen LogP contribution in [0.15, 0.2) is 24.4 Å². The first-order chi connectivity index (χ1) is 20.6. The molecule has 11 nitrogen and oxygen atoms in total. The molecule has 0 radical (unpaired) electrons. The van der Waals surface area contributed by atoms with E-state index in [2.05, 4.69) is 32.2 Å². The van der Waals surface area contributed by atoms with Crippen molar-refractivity contribution in [3.05, 3.63) is 41.3 Å². The Morgan fingerprint density at radius 2 is 1.79 bits per heavy atom. The predicted octanol–water partition coefficient (Wildman–Crippen LogP) is 2.75. The SMILES string of the molecule is O=C(CN1CCC(O)CC1)N1CCc2nc(Nc3ncc4cc(C5COC5)nc(N5C6CCC5CC6)c4n3)ccc2C1. The number of ether oxygens (including phenoxy) is 1. The molecule has 0 saturated carbocycles. The molecule has 3 aromatic heterocycles. The second-order valence-corrected chi connectivity index (χ2v) is 12.6. The number of amides is 1. The average Bonchev–Trinajstić information content (AvgIpc) is 3.57. The quantitative estimate of drug-likeness (QED) is 0.458. The minimum absolute atomic E-state index is 0.146. The van der Waals surface area contributed by atoms with Gasteiger partial charge in [-0.2, -0.15) is 0 Å². The number of hydrogen-bond acceptors (Lipinski definition) is 10. The molecular formula is C31H38N8O3. The molecular weight excluding hydrogens is 532 g/mol. The zero-order valence-corrected chi connectivity index (χ0v) is 23.9. The molecule has 5 aliphatic rings. The van der Waals surface area contributed by atoms with E-state index in [0.717, 1.165) is 72.8 Å². The molecule has 220 valence electrons. The summed E-state index contributed by atoms with van der Waals surface area (Å²) in [5.41, 5.74) is 4.06. The van der Waals surface area contributed by atoms with Crippen molar-refractivity contribution in [3.8, 4) is 0 Å². The normalized spacial score (nSPS) is 24.7. The van der Waals surface area contributed by atoms with Crippen LogP contribution in [0.25, 0.3) is 10.9 Å². The van der Waals surface area contributed by atoms with E-state index in [1.54, 1.807) is 0 Å². The molecule has 8 heterocycles. The van der Waals surface area contributed by atoms with Crippen LogP contribution in [0.5, 0.6) is 0 Å². The highest BCUT2D eigenvalue weighted by Crippen LogP contribution is 2.43. The van der Waals surface area contributed by atoms with Crippen LogP contribution in [0.4, 0.5) is 17.6 Å². The van der Waals surface area contributed by atoms with Gasteiger partial charge in [-0.3, -0.25) is 9.69 Å². The molecule has 0 aliphatic carbocycles. The molecule has 2 bridgehead atoms. The van der Waals surface area contributed by atoms with Crippen molar-refractivity contribution in [2.24, 2.45) is 0 Å². The Balaban J connectivity index is 1.00. The zero-order valence-electron chi connectivity index (χ0n) is 23.9. The third kappa shape index (κ3) is 4.87. The summed E-state index contributed by atoms with van der Waals surface area (Å²) >= 11 is 0. The van der Waals surface area contributed by atoms with Gasteiger partial charge < -0.3 is 25.0 Å². The summed E-state index contributed by atoms with van der Waals surface area (Å²) in [5.74, 6) is 2.71. The molecule has 0 unspecified atom stereocenters. The number of carbonyl (C=O) groups is 1. The minimum Gasteiger partial charge on any atom is -0.393 e. The van der Waals surface area contributed by atoms with E-state index in [1.807, 2.05) is 17.2 Å². The van der Waals surface area contributed by atoms with Gasteiger partial charge in [0.25, 0.3) is 0 Å². The average molecular weight is 571 g/mol. The number of likely N-dealkylation sites (tertiary alicyclic amines) is 1. The van der Waals surface area contributed by atoms with Crippen LogP contribution in [-0.4, -0.2) is 98.3 Å². The van der Waals surface area contributed by atoms with Crippen LogP contribution in [0.2, 0.25) is 0 Å². The number of fused-ring (bicyclic) bond motifs is 4. The van der Waals surface area contributed by atoms with Gasteiger partial charge in [-0.15, -0.1) is 0 Å². The Kier molecular flexibility index (Phi) is 6.68. The number of piperidine rings is 1. The third-order valence-electron chi connectivity index (χ3n) is 9.88. The Bertz CT molecular complexity index is 1490. The van der Waals surface area contributed by atoms with Crippen molar-refractivity contribution in [3.63, 3.8) is 0 Å². The Morgan fingerprint density at radius 1 is 1.00 bits per heavy atom. The van der Waals surface area contributed by atoms with Crippen molar-refractivity contribution in [1.29, 1.82) is 0 Å². The van der Waals surface area contributed by atoms with Gasteiger partial charge in [0.15, 0.2) is 5.82 Å². The number of pyridine rings is 2. The number of rotatable bonds is 6. The van der Waals surface area contributed by atoms with Gasteiger partial charge >= 0.3 is 0 Å². The third-order valence-corrected chi connectivity index (χ3v) is 9.88. The number of aromatic nitrogens is 4. The molecule has 4 saturated heterocycles. The van der Waals surface area contributed by atoms with E-state index >= 15 is 0 Å². The van der Waals surface area contributed by atoms with Crippen molar-refractivity contribution < 1.29 is 14.6 Å². The molecule has 8 rings (SSSR count). The smallest absolute Gasteiger partial charge is 0.237 e. The number of anilines is 3. The standard InChI is InChI=1S/C31H38N8O3/c40-24-7-10-37(11-8-24)16-28(41)38-12-9-25-19(15-38)1-6-27(33-25)35-31-32-14-20-13-26(21-17-42-18-21)34-30(29(20)36-31)39-22-2-3-23(39)5-4-22/h1,6,13-14,21-24,40H,2-5,7-12,15-18H2,(H,32,33,35,36). The van der Waals surface area contributed by atoms with Crippen molar-refractivity contribution >= 4 is 34.4 Å². The fraction of sp³-hybridized carbons (Fsp3) is 0.581. The number of nitrogens with zero attached hydrogens (tertiary/aromatic N) is 7. The van der Waals surface area contributed by atoms with E-state index in [4.69, 9.17) is 19.7 Å². The molecule has 0 aromatic carbocycles. The maximum Gasteiger partial charge on any atom is 0.237 e. The first-order valence-corrected chi connectivity index (χ1v) is 15.5. The zero-order chi connectivity index (χ0) is 28.2. The van der Waals surface area contributed by atoms with Crippen LogP contribution < -0.4 is 10.2 Å². The number of aliphatic hydroxyl groups is 1. The van der Waals surface area contributed by atoms with Crippen LogP contribution >= 0.6 is 0 Å². The number of hydrogen-bond donors (Lipinski definition) is 2. The first-order valence-electron chi connectivity index (χ1n) is 15.5. The van der Waals surface area contributed by atoms with Crippen molar-refractivity contribution in [1.82, 2.24) is 29.7 Å². The highest BCUT2D eigenvalue weighted by atomic mass is 16.5. The number of nitrogens with one attached hydrogen (secondary N) is 1. The summed E-state index contributed by atoms with van der Waals surface area (Å²) in [4.78, 5) is 39.3. The lowest BCUT2D eigenvalue weighted by Crippen LogP contribution is -2.45. The molecule has 11 heteroatoms. The van der Waals surface area contributed by atoms with Crippen LogP contribution in [0, 0.1) is 0 Å². The van der Waals surface area contributed by atoms with E-state index in [1.165, 1.54) is 25.7 Å². The van der Waals surface area contributed by atoms with Gasteiger partial charge in [0.2, 0.25) is 11.9 Å². The van der Waals surface area contributed by atoms with Gasteiger partial charge in [-0.25, -0.2) is 19.9 Å². The molecule has 1 amide bonds. The topological polar surface area (TPSA) is 120 Å². The lowest BCUT2D eigenvalue weighted by molar-refractivity contribution is -0.133. The maximum atomic E-state index is 13.0. The second kappa shape index (κ2) is 10.7. The van der Waals surface area contributed by atoms with Crippen LogP contribution in [-0.2, 0) is 22.5 Å². The van der Waals surface area contributed by atoms with Crippen LogP contribution in [0.1, 0.15) is 61.4 Å². The lowest BCUT2D eigenvalue weighted by Gasteiger charge is -2.33. The minimum atomic E-state index is -0.230. The molecule has 42 heavy (non-hydrogen) atoms. The largest absolute Gasteiger partial charge is 0.393 e. The monoisotopic (exact) mass is 570 g/mol. The van der Waals surface area contributed by atoms with E-state index in [0.29, 0.717) is 55.8 Å². The number of carbonyl (C=O) groups excluding carboxylic acids is 1. The van der Waals surface area contributed by atoms with E-state index < -0.39 is 0 Å². The summed E-state index contributed by atoms with van der Waals surface area (Å²) in [6.45, 7) is 4.66. The summed E-state index contributed by atoms with van der Waals surface area (Å²) in [5, 5.41) is 14.1. The summed E-state index contributed by atoms with van der Waals surface area (Å²) in [6, 6.07) is 7.24. The van der Waals surface area contributed by atoms with Gasteiger partial charge in [0, 0.05) is 67.9 Å². The second-order valence-electron chi connectivity index (χ2n) is 12.6. The fourth-order valence-corrected chi connectivity index (χ4v) is 7.34. The lowest BCUT2D eigenvalue weighted by atomic mass is 10.0. The molecule has 0 atom stereocenters. The Morgan fingerprint density at radius 3 is 2.52 bits per heavy atom. The van der Waals surface area contributed by atoms with Gasteiger partial charge in [-0.05, 0) is 56.2 Å². The Hall–Kier alpha value is -3.41. The first kappa shape index (κ1) is 26.2. The highest BCUT2D eigenvalue weighted by Gasteiger charge is 2.41. The van der Waals surface area contributed by atoms with E-state index in [-0.39, 0.29) is 12.0 Å². The summed E-state index contributed by atoms with van der Waals surface area (Å²) < 4.78 is 5.47. The molecule has 0 spiro atoms. The van der Waals surface area contributed by atoms with Crippen molar-refractivity contribution in [2.45, 2.75) is 75.6 Å². The highest BCUT2D eigenvalue weighted by molar-refractivity contribution is 5.90. The predicted molar refractivity (Wildman–Crippen MR) is 158 cm³/mol. The van der Waals surface area contributed by atoms with Gasteiger partial charge in [0.05, 0.1) is 31.6 Å². The maximum absolute atomic E-state index is 13.0. The molecule has 2 N–H and O–H groups in total. The molecule has 5 aliphatic heterocycles. The van der Waals surface area contributed by atoms with Gasteiger partial charge in [-0.1, -0.05) is 6.07 Å². The molecule has 3 aromatic rings. The van der Waals surface area contributed by atoms with Gasteiger partial charge in [0.1, 0.15) is 11.3 Å². The van der Waals surface area contributed by atoms with Crippen molar-refractivity contribution in [2.75, 3.05) is 49.6 Å². The molecule has 4 fully saturated rings. The summed E-state index contributed by atoms with van der Waals surface area (Å²) in [6.07, 6.45) is 8.78. The number of aliphatic hydroxyl groups excluding tert-OH is 1.